The van der Waals surface area contributed by atoms with Gasteiger partial charge >= 0.3 is 6.18 Å². The van der Waals surface area contributed by atoms with Gasteiger partial charge < -0.3 is 5.73 Å². The van der Waals surface area contributed by atoms with E-state index in [9.17, 15) is 18.0 Å². The first-order chi connectivity index (χ1) is 12.3. The van der Waals surface area contributed by atoms with Crippen LogP contribution in [0.2, 0.25) is 0 Å². The van der Waals surface area contributed by atoms with Crippen LogP contribution in [-0.2, 0) is 19.6 Å². The van der Waals surface area contributed by atoms with Gasteiger partial charge in [-0.05, 0) is 23.1 Å². The van der Waals surface area contributed by atoms with Crippen molar-refractivity contribution < 1.29 is 18.0 Å². The molecular formula is C19H16F3N3O. The van der Waals surface area contributed by atoms with Crippen molar-refractivity contribution in [1.82, 2.24) is 9.78 Å². The van der Waals surface area contributed by atoms with Gasteiger partial charge in [0.1, 0.15) is 5.69 Å². The molecule has 26 heavy (non-hydrogen) atoms. The van der Waals surface area contributed by atoms with Crippen molar-refractivity contribution in [2.45, 2.75) is 12.6 Å². The molecule has 3 aromatic rings. The maximum atomic E-state index is 13.4. The van der Waals surface area contributed by atoms with E-state index in [0.29, 0.717) is 6.42 Å². The fourth-order valence-corrected chi connectivity index (χ4v) is 2.95. The molecule has 0 aliphatic rings. The predicted octanol–water partition coefficient (Wildman–Crippen LogP) is 3.80. The largest absolute Gasteiger partial charge is 0.435 e. The van der Waals surface area contributed by atoms with Crippen molar-refractivity contribution in [3.63, 3.8) is 0 Å². The summed E-state index contributed by atoms with van der Waals surface area (Å²) in [5, 5.41) is 3.48. The van der Waals surface area contributed by atoms with Crippen LogP contribution < -0.4 is 5.73 Å². The van der Waals surface area contributed by atoms with Gasteiger partial charge in [0.15, 0.2) is 5.69 Å². The lowest BCUT2D eigenvalue weighted by Gasteiger charge is -2.10. The van der Waals surface area contributed by atoms with E-state index in [4.69, 9.17) is 5.73 Å². The molecule has 0 aliphatic carbocycles. The highest BCUT2D eigenvalue weighted by Gasteiger charge is 2.40. The lowest BCUT2D eigenvalue weighted by Crippen LogP contribution is -2.16. The maximum Gasteiger partial charge on any atom is 0.435 e. The molecule has 0 unspecified atom stereocenters. The maximum absolute atomic E-state index is 13.4. The fourth-order valence-electron chi connectivity index (χ4n) is 2.95. The molecule has 1 aromatic heterocycles. The minimum atomic E-state index is -4.70. The molecule has 2 aromatic carbocycles. The molecule has 0 radical (unpaired) electrons. The van der Waals surface area contributed by atoms with Crippen molar-refractivity contribution in [3.8, 4) is 11.1 Å². The topological polar surface area (TPSA) is 60.9 Å². The number of halogens is 3. The Morgan fingerprint density at radius 3 is 2.35 bits per heavy atom. The summed E-state index contributed by atoms with van der Waals surface area (Å²) in [7, 11) is 1.27. The van der Waals surface area contributed by atoms with E-state index in [1.807, 2.05) is 36.4 Å². The number of nitrogens with two attached hydrogens (primary N) is 1. The van der Waals surface area contributed by atoms with Crippen LogP contribution in [0, 0.1) is 0 Å². The van der Waals surface area contributed by atoms with Crippen LogP contribution in [0.15, 0.2) is 54.6 Å². The molecule has 7 heteroatoms. The number of carbonyl (C=O) groups is 1. The molecule has 1 heterocycles. The van der Waals surface area contributed by atoms with Gasteiger partial charge in [-0.15, -0.1) is 0 Å². The van der Waals surface area contributed by atoms with Crippen LogP contribution in [-0.4, -0.2) is 15.7 Å². The zero-order chi connectivity index (χ0) is 18.9. The molecule has 2 N–H and O–H groups in total. The second-order valence-electron chi connectivity index (χ2n) is 5.92. The van der Waals surface area contributed by atoms with E-state index in [2.05, 4.69) is 5.10 Å². The lowest BCUT2D eigenvalue weighted by molar-refractivity contribution is -0.140. The smallest absolute Gasteiger partial charge is 0.364 e. The fraction of sp³-hybridized carbons (Fsp3) is 0.158. The van der Waals surface area contributed by atoms with Gasteiger partial charge in [0.2, 0.25) is 0 Å². The molecule has 3 rings (SSSR count). The molecule has 4 nitrogen and oxygen atoms in total. The molecule has 0 atom stereocenters. The van der Waals surface area contributed by atoms with Crippen molar-refractivity contribution in [3.05, 3.63) is 77.1 Å². The predicted molar refractivity (Wildman–Crippen MR) is 91.4 cm³/mol. The normalized spacial score (nSPS) is 11.5. The molecule has 0 spiro atoms. The van der Waals surface area contributed by atoms with Gasteiger partial charge in [-0.1, -0.05) is 54.6 Å². The molecular weight excluding hydrogens is 343 g/mol. The monoisotopic (exact) mass is 359 g/mol. The lowest BCUT2D eigenvalue weighted by atomic mass is 9.97. The number of aromatic nitrogens is 2. The number of nitrogens with zero attached hydrogens (tertiary/aromatic N) is 2. The number of alkyl halides is 3. The van der Waals surface area contributed by atoms with Crippen LogP contribution in [0.25, 0.3) is 11.1 Å². The summed E-state index contributed by atoms with van der Waals surface area (Å²) < 4.78 is 41.1. The number of rotatable bonds is 4. The number of benzene rings is 2. The van der Waals surface area contributed by atoms with Gasteiger partial charge in [0.25, 0.3) is 5.91 Å². The summed E-state index contributed by atoms with van der Waals surface area (Å²) in [6.45, 7) is 0. The first kappa shape index (κ1) is 17.7. The molecule has 1 amide bonds. The minimum absolute atomic E-state index is 0.257. The van der Waals surface area contributed by atoms with Gasteiger partial charge in [-0.2, -0.15) is 18.3 Å². The van der Waals surface area contributed by atoms with E-state index in [1.165, 1.54) is 13.1 Å². The standard InChI is InChI=1S/C19H16F3N3O/c1-25-16(18(23)26)15(17(24-25)19(20,21)22)14-9-5-8-13(11-14)10-12-6-3-2-4-7-12/h2-9,11H,10H2,1H3,(H2,23,26). The Morgan fingerprint density at radius 2 is 1.73 bits per heavy atom. The van der Waals surface area contributed by atoms with Crippen LogP contribution in [0.4, 0.5) is 13.2 Å². The Labute approximate surface area is 148 Å². The molecule has 134 valence electrons. The zero-order valence-electron chi connectivity index (χ0n) is 13.9. The van der Waals surface area contributed by atoms with Gasteiger partial charge in [-0.25, -0.2) is 0 Å². The molecule has 0 saturated carbocycles. The third kappa shape index (κ3) is 3.46. The number of hydrogen-bond acceptors (Lipinski definition) is 2. The third-order valence-corrected chi connectivity index (χ3v) is 4.02. The Bertz CT molecular complexity index is 946. The summed E-state index contributed by atoms with van der Waals surface area (Å²) in [5.74, 6) is -0.959. The molecule has 0 fully saturated rings. The Hall–Kier alpha value is -3.09. The first-order valence-corrected chi connectivity index (χ1v) is 7.84. The minimum Gasteiger partial charge on any atom is -0.364 e. The van der Waals surface area contributed by atoms with E-state index in [1.54, 1.807) is 12.1 Å². The van der Waals surface area contributed by atoms with Crippen LogP contribution in [0.3, 0.4) is 0 Å². The van der Waals surface area contributed by atoms with E-state index in [-0.39, 0.29) is 16.8 Å². The third-order valence-electron chi connectivity index (χ3n) is 4.02. The summed E-state index contributed by atoms with van der Waals surface area (Å²) in [5.41, 5.74) is 5.73. The summed E-state index contributed by atoms with van der Waals surface area (Å²) in [6, 6.07) is 16.2. The number of carbonyl (C=O) groups excluding carboxylic acids is 1. The Balaban J connectivity index is 2.12. The summed E-state index contributed by atoms with van der Waals surface area (Å²) in [4.78, 5) is 11.7. The Kier molecular flexibility index (Phi) is 4.54. The quantitative estimate of drug-likeness (QED) is 0.770. The first-order valence-electron chi connectivity index (χ1n) is 7.84. The van der Waals surface area contributed by atoms with Gasteiger partial charge in [-0.3, -0.25) is 9.48 Å². The van der Waals surface area contributed by atoms with Crippen molar-refractivity contribution in [2.75, 3.05) is 0 Å². The second kappa shape index (κ2) is 6.67. The molecule has 0 bridgehead atoms. The van der Waals surface area contributed by atoms with Crippen LogP contribution in [0.5, 0.6) is 0 Å². The average molecular weight is 359 g/mol. The highest BCUT2D eigenvalue weighted by atomic mass is 19.4. The number of amides is 1. The summed E-state index contributed by atoms with van der Waals surface area (Å²) in [6.07, 6.45) is -4.14. The van der Waals surface area contributed by atoms with Crippen LogP contribution >= 0.6 is 0 Å². The van der Waals surface area contributed by atoms with Crippen molar-refractivity contribution in [1.29, 1.82) is 0 Å². The zero-order valence-corrected chi connectivity index (χ0v) is 13.9. The van der Waals surface area contributed by atoms with Crippen molar-refractivity contribution in [2.24, 2.45) is 12.8 Å². The van der Waals surface area contributed by atoms with Gasteiger partial charge in [0, 0.05) is 12.6 Å². The van der Waals surface area contributed by atoms with E-state index in [0.717, 1.165) is 15.8 Å². The average Bonchev–Trinajstić information content (AvgIpc) is 2.94. The highest BCUT2D eigenvalue weighted by molar-refractivity contribution is 5.99. The Morgan fingerprint density at radius 1 is 1.08 bits per heavy atom. The van der Waals surface area contributed by atoms with E-state index < -0.39 is 17.8 Å². The van der Waals surface area contributed by atoms with Crippen molar-refractivity contribution >= 4 is 5.91 Å². The number of primary amides is 1. The second-order valence-corrected chi connectivity index (χ2v) is 5.92. The van der Waals surface area contributed by atoms with Crippen LogP contribution in [0.1, 0.15) is 27.3 Å². The SMILES string of the molecule is Cn1nc(C(F)(F)F)c(-c2cccc(Cc3ccccc3)c2)c1C(N)=O. The molecule has 0 aliphatic heterocycles. The number of hydrogen-bond donors (Lipinski definition) is 1. The molecule has 0 saturated heterocycles. The number of aryl methyl sites for hydroxylation is 1. The highest BCUT2D eigenvalue weighted by Crippen LogP contribution is 2.38. The summed E-state index contributed by atoms with van der Waals surface area (Å²) >= 11 is 0. The van der Waals surface area contributed by atoms with Gasteiger partial charge in [0.05, 0.1) is 0 Å². The van der Waals surface area contributed by atoms with E-state index >= 15 is 0 Å².